The number of anilines is 1. The van der Waals surface area contributed by atoms with Gasteiger partial charge in [0.15, 0.2) is 0 Å². The normalized spacial score (nSPS) is 22.2. The van der Waals surface area contributed by atoms with Gasteiger partial charge in [0, 0.05) is 17.8 Å². The van der Waals surface area contributed by atoms with Crippen LogP contribution < -0.4 is 15.8 Å². The molecule has 1 aliphatic heterocycles. The minimum Gasteiger partial charge on any atom is -0.496 e. The maximum Gasteiger partial charge on any atom is 0.249 e. The minimum atomic E-state index is -0.331. The van der Waals surface area contributed by atoms with Crippen molar-refractivity contribution in [2.75, 3.05) is 12.8 Å². The van der Waals surface area contributed by atoms with Crippen molar-refractivity contribution in [3.8, 4) is 5.75 Å². The van der Waals surface area contributed by atoms with Gasteiger partial charge in [0.05, 0.1) is 13.2 Å². The van der Waals surface area contributed by atoms with Crippen molar-refractivity contribution in [2.24, 2.45) is 0 Å². The summed E-state index contributed by atoms with van der Waals surface area (Å²) in [6.45, 7) is 2.37. The third kappa shape index (κ3) is 3.38. The highest BCUT2D eigenvalue weighted by Gasteiger charge is 2.27. The summed E-state index contributed by atoms with van der Waals surface area (Å²) in [5, 5.41) is 2.86. The molecule has 2 unspecified atom stereocenters. The zero-order chi connectivity index (χ0) is 13.8. The van der Waals surface area contributed by atoms with E-state index in [4.69, 9.17) is 15.2 Å². The summed E-state index contributed by atoms with van der Waals surface area (Å²) in [6.07, 6.45) is 1.54. The smallest absolute Gasteiger partial charge is 0.249 e. The van der Waals surface area contributed by atoms with E-state index >= 15 is 0 Å². The van der Waals surface area contributed by atoms with Gasteiger partial charge in [-0.2, -0.15) is 0 Å². The zero-order valence-corrected chi connectivity index (χ0v) is 11.3. The summed E-state index contributed by atoms with van der Waals surface area (Å²) in [5.41, 5.74) is 7.25. The fourth-order valence-corrected chi connectivity index (χ4v) is 2.23. The van der Waals surface area contributed by atoms with Crippen LogP contribution in [0, 0.1) is 0 Å². The third-order valence-corrected chi connectivity index (χ3v) is 3.28. The monoisotopic (exact) mass is 264 g/mol. The number of nitrogens with two attached hydrogens (primary N) is 1. The van der Waals surface area contributed by atoms with Gasteiger partial charge in [0.1, 0.15) is 11.9 Å². The molecule has 19 heavy (non-hydrogen) atoms. The van der Waals surface area contributed by atoms with Gasteiger partial charge in [0.25, 0.3) is 0 Å². The van der Waals surface area contributed by atoms with Crippen molar-refractivity contribution >= 4 is 11.6 Å². The van der Waals surface area contributed by atoms with Gasteiger partial charge in [-0.3, -0.25) is 4.79 Å². The van der Waals surface area contributed by atoms with E-state index in [9.17, 15) is 4.79 Å². The zero-order valence-electron chi connectivity index (χ0n) is 11.3. The van der Waals surface area contributed by atoms with Crippen molar-refractivity contribution in [2.45, 2.75) is 38.5 Å². The van der Waals surface area contributed by atoms with E-state index in [1.165, 1.54) is 0 Å². The molecule has 104 valence electrons. The highest BCUT2D eigenvalue weighted by atomic mass is 16.5. The standard InChI is InChI=1S/C14H20N2O3/c1-9-3-5-13(19-9)14(17)16-8-10-7-11(15)4-6-12(10)18-2/h4,6-7,9,13H,3,5,8,15H2,1-2H3,(H,16,17). The summed E-state index contributed by atoms with van der Waals surface area (Å²) in [4.78, 5) is 11.9. The first-order valence-corrected chi connectivity index (χ1v) is 6.45. The molecule has 0 aliphatic carbocycles. The minimum absolute atomic E-state index is 0.0752. The molecule has 0 saturated carbocycles. The van der Waals surface area contributed by atoms with E-state index in [0.717, 1.165) is 24.2 Å². The number of carbonyl (C=O) groups excluding carboxylic acids is 1. The molecule has 3 N–H and O–H groups in total. The fourth-order valence-electron chi connectivity index (χ4n) is 2.23. The molecule has 1 fully saturated rings. The van der Waals surface area contributed by atoms with Crippen molar-refractivity contribution in [3.05, 3.63) is 23.8 Å². The lowest BCUT2D eigenvalue weighted by Gasteiger charge is -2.13. The highest BCUT2D eigenvalue weighted by Crippen LogP contribution is 2.22. The van der Waals surface area contributed by atoms with E-state index in [1.807, 2.05) is 6.92 Å². The van der Waals surface area contributed by atoms with Crippen molar-refractivity contribution < 1.29 is 14.3 Å². The Morgan fingerprint density at radius 3 is 2.95 bits per heavy atom. The number of hydrogen-bond acceptors (Lipinski definition) is 4. The van der Waals surface area contributed by atoms with E-state index in [0.29, 0.717) is 12.2 Å². The van der Waals surface area contributed by atoms with Gasteiger partial charge in [-0.05, 0) is 38.0 Å². The van der Waals surface area contributed by atoms with Crippen LogP contribution in [0.3, 0.4) is 0 Å². The van der Waals surface area contributed by atoms with E-state index < -0.39 is 0 Å². The Kier molecular flexibility index (Phi) is 4.27. The average Bonchev–Trinajstić information content (AvgIpc) is 2.83. The second-order valence-electron chi connectivity index (χ2n) is 4.80. The number of nitrogens with one attached hydrogen (secondary N) is 1. The Hall–Kier alpha value is -1.75. The van der Waals surface area contributed by atoms with Crippen LogP contribution in [0.2, 0.25) is 0 Å². The first kappa shape index (κ1) is 13.7. The molecular weight excluding hydrogens is 244 g/mol. The van der Waals surface area contributed by atoms with Gasteiger partial charge < -0.3 is 20.5 Å². The largest absolute Gasteiger partial charge is 0.496 e. The highest BCUT2D eigenvalue weighted by molar-refractivity contribution is 5.81. The maximum atomic E-state index is 11.9. The molecule has 1 aromatic carbocycles. The summed E-state index contributed by atoms with van der Waals surface area (Å²) < 4.78 is 10.8. The number of benzene rings is 1. The van der Waals surface area contributed by atoms with Crippen LogP contribution in [0.5, 0.6) is 5.75 Å². The molecule has 5 nitrogen and oxygen atoms in total. The number of ether oxygens (including phenoxy) is 2. The summed E-state index contributed by atoms with van der Waals surface area (Å²) in [6, 6.07) is 5.37. The number of nitrogen functional groups attached to an aromatic ring is 1. The van der Waals surface area contributed by atoms with Crippen LogP contribution in [0.1, 0.15) is 25.3 Å². The quantitative estimate of drug-likeness (QED) is 0.807. The number of amides is 1. The lowest BCUT2D eigenvalue weighted by Crippen LogP contribution is -2.34. The van der Waals surface area contributed by atoms with Crippen molar-refractivity contribution in [1.82, 2.24) is 5.32 Å². The van der Waals surface area contributed by atoms with Gasteiger partial charge in [-0.15, -0.1) is 0 Å². The van der Waals surface area contributed by atoms with E-state index in [-0.39, 0.29) is 18.1 Å². The third-order valence-electron chi connectivity index (χ3n) is 3.28. The molecule has 0 bridgehead atoms. The second-order valence-corrected chi connectivity index (χ2v) is 4.80. The van der Waals surface area contributed by atoms with Gasteiger partial charge >= 0.3 is 0 Å². The van der Waals surface area contributed by atoms with E-state index in [1.54, 1.807) is 25.3 Å². The van der Waals surface area contributed by atoms with Crippen molar-refractivity contribution in [3.63, 3.8) is 0 Å². The Labute approximate surface area is 113 Å². The van der Waals surface area contributed by atoms with Crippen LogP contribution in [0.4, 0.5) is 5.69 Å². The lowest BCUT2D eigenvalue weighted by molar-refractivity contribution is -0.131. The Balaban J connectivity index is 1.95. The lowest BCUT2D eigenvalue weighted by atomic mass is 10.1. The predicted octanol–water partition coefficient (Wildman–Crippen LogP) is 1.46. The molecule has 2 rings (SSSR count). The van der Waals surface area contributed by atoms with Gasteiger partial charge in [-0.25, -0.2) is 0 Å². The average molecular weight is 264 g/mol. The number of methoxy groups -OCH3 is 1. The van der Waals surface area contributed by atoms with Crippen molar-refractivity contribution in [1.29, 1.82) is 0 Å². The van der Waals surface area contributed by atoms with Gasteiger partial charge in [-0.1, -0.05) is 0 Å². The molecule has 2 atom stereocenters. The van der Waals surface area contributed by atoms with Crippen LogP contribution >= 0.6 is 0 Å². The molecule has 0 radical (unpaired) electrons. The Morgan fingerprint density at radius 2 is 2.32 bits per heavy atom. The first-order valence-electron chi connectivity index (χ1n) is 6.45. The topological polar surface area (TPSA) is 73.6 Å². The maximum absolute atomic E-state index is 11.9. The van der Waals surface area contributed by atoms with Gasteiger partial charge in [0.2, 0.25) is 5.91 Å². The number of hydrogen-bond donors (Lipinski definition) is 2. The molecule has 1 aliphatic rings. The Morgan fingerprint density at radius 1 is 1.53 bits per heavy atom. The Bertz CT molecular complexity index is 462. The summed E-state index contributed by atoms with van der Waals surface area (Å²) in [7, 11) is 1.60. The molecule has 1 heterocycles. The fraction of sp³-hybridized carbons (Fsp3) is 0.500. The second kappa shape index (κ2) is 5.93. The molecular formula is C14H20N2O3. The molecule has 0 aromatic heterocycles. The molecule has 5 heteroatoms. The molecule has 1 amide bonds. The summed E-state index contributed by atoms with van der Waals surface area (Å²) in [5.74, 6) is 0.643. The molecule has 0 spiro atoms. The number of carbonyl (C=O) groups is 1. The first-order chi connectivity index (χ1) is 9.10. The summed E-state index contributed by atoms with van der Waals surface area (Å²) >= 11 is 0. The van der Waals surface area contributed by atoms with Crippen LogP contribution in [0.15, 0.2) is 18.2 Å². The van der Waals surface area contributed by atoms with Crippen LogP contribution in [0.25, 0.3) is 0 Å². The van der Waals surface area contributed by atoms with E-state index in [2.05, 4.69) is 5.32 Å². The number of rotatable bonds is 4. The SMILES string of the molecule is COc1ccc(N)cc1CNC(=O)C1CCC(C)O1. The van der Waals surface area contributed by atoms with Crippen LogP contribution in [-0.4, -0.2) is 25.2 Å². The van der Waals surface area contributed by atoms with Crippen LogP contribution in [-0.2, 0) is 16.1 Å². The molecule has 1 aromatic rings. The molecule has 1 saturated heterocycles. The predicted molar refractivity (Wildman–Crippen MR) is 72.8 cm³/mol.